The molecule has 1 N–H and O–H groups in total. The monoisotopic (exact) mass is 491 g/mol. The minimum absolute atomic E-state index is 0.00644. The summed E-state index contributed by atoms with van der Waals surface area (Å²) in [5.74, 6) is -3.32. The van der Waals surface area contributed by atoms with Gasteiger partial charge in [-0.2, -0.15) is 0 Å². The fourth-order valence-corrected chi connectivity index (χ4v) is 4.71. The normalized spacial score (nSPS) is 13.6. The highest BCUT2D eigenvalue weighted by atomic mass is 16.4. The number of carbonyl (C=O) groups excluding carboxylic acids is 3. The van der Waals surface area contributed by atoms with Gasteiger partial charge in [-0.1, -0.05) is 78.4 Å². The summed E-state index contributed by atoms with van der Waals surface area (Å²) in [7, 11) is 0. The first kappa shape index (κ1) is 24.1. The maximum absolute atomic E-state index is 12.9. The van der Waals surface area contributed by atoms with E-state index in [4.69, 9.17) is 0 Å². The molecule has 4 aromatic rings. The van der Waals surface area contributed by atoms with Crippen molar-refractivity contribution < 1.29 is 24.3 Å². The molecule has 37 heavy (non-hydrogen) atoms. The first-order valence-electron chi connectivity index (χ1n) is 12.1. The fraction of sp³-hybridized carbons (Fsp3) is 0.161. The molecule has 4 aromatic carbocycles. The van der Waals surface area contributed by atoms with Gasteiger partial charge in [0.05, 0.1) is 17.0 Å². The number of rotatable bonds is 8. The van der Waals surface area contributed by atoms with Crippen LogP contribution in [-0.2, 0) is 4.79 Å². The van der Waals surface area contributed by atoms with Gasteiger partial charge in [0.1, 0.15) is 0 Å². The summed E-state index contributed by atoms with van der Waals surface area (Å²) in [5.41, 5.74) is 4.21. The fourth-order valence-electron chi connectivity index (χ4n) is 4.71. The van der Waals surface area contributed by atoms with E-state index < -0.39 is 23.7 Å². The second kappa shape index (κ2) is 9.82. The predicted octanol–water partition coefficient (Wildman–Crippen LogP) is 5.78. The van der Waals surface area contributed by atoms with Gasteiger partial charge in [0.15, 0.2) is 5.78 Å². The van der Waals surface area contributed by atoms with Crippen LogP contribution < -0.4 is 0 Å². The van der Waals surface area contributed by atoms with Crippen LogP contribution in [0.2, 0.25) is 0 Å². The Morgan fingerprint density at radius 1 is 0.784 bits per heavy atom. The van der Waals surface area contributed by atoms with Gasteiger partial charge in [0.25, 0.3) is 11.8 Å². The number of ketones is 1. The van der Waals surface area contributed by atoms with Gasteiger partial charge in [-0.3, -0.25) is 24.1 Å². The molecule has 6 heteroatoms. The Morgan fingerprint density at radius 2 is 1.30 bits per heavy atom. The molecule has 6 nitrogen and oxygen atoms in total. The van der Waals surface area contributed by atoms with E-state index in [1.165, 1.54) is 0 Å². The van der Waals surface area contributed by atoms with Crippen LogP contribution in [0.4, 0.5) is 0 Å². The zero-order valence-electron chi connectivity index (χ0n) is 20.3. The highest BCUT2D eigenvalue weighted by Crippen LogP contribution is 2.29. The van der Waals surface area contributed by atoms with Gasteiger partial charge in [-0.15, -0.1) is 0 Å². The second-order valence-corrected chi connectivity index (χ2v) is 9.40. The first-order chi connectivity index (χ1) is 17.8. The van der Waals surface area contributed by atoms with Crippen molar-refractivity contribution in [2.24, 2.45) is 5.92 Å². The van der Waals surface area contributed by atoms with Gasteiger partial charge in [-0.05, 0) is 47.4 Å². The second-order valence-electron chi connectivity index (χ2n) is 9.40. The third-order valence-corrected chi connectivity index (χ3v) is 6.91. The van der Waals surface area contributed by atoms with Crippen molar-refractivity contribution in [3.63, 3.8) is 0 Å². The van der Waals surface area contributed by atoms with Crippen LogP contribution in [0.25, 0.3) is 21.9 Å². The topological polar surface area (TPSA) is 91.8 Å². The molecular weight excluding hydrogens is 466 g/mol. The maximum atomic E-state index is 12.9. The molecule has 1 aliphatic rings. The molecule has 0 aliphatic carbocycles. The molecule has 0 bridgehead atoms. The van der Waals surface area contributed by atoms with Crippen LogP contribution in [0.1, 0.15) is 49.5 Å². The van der Waals surface area contributed by atoms with Crippen molar-refractivity contribution in [1.82, 2.24) is 4.90 Å². The number of carboxylic acid groups (broad SMARTS) is 1. The van der Waals surface area contributed by atoms with E-state index >= 15 is 0 Å². The zero-order chi connectivity index (χ0) is 26.1. The van der Waals surface area contributed by atoms with Gasteiger partial charge < -0.3 is 5.11 Å². The van der Waals surface area contributed by atoms with Gasteiger partial charge >= 0.3 is 5.97 Å². The lowest BCUT2D eigenvalue weighted by Gasteiger charge is -2.17. The number of nitrogens with zero attached hydrogens (tertiary/aromatic N) is 1. The van der Waals surface area contributed by atoms with E-state index in [-0.39, 0.29) is 25.2 Å². The summed E-state index contributed by atoms with van der Waals surface area (Å²) in [6.07, 6.45) is -0.222. The third-order valence-electron chi connectivity index (χ3n) is 6.91. The van der Waals surface area contributed by atoms with Crippen molar-refractivity contribution in [1.29, 1.82) is 0 Å². The lowest BCUT2D eigenvalue weighted by Crippen LogP contribution is -2.33. The number of fused-ring (bicyclic) bond motifs is 2. The minimum atomic E-state index is -1.13. The Labute approximate surface area is 214 Å². The summed E-state index contributed by atoms with van der Waals surface area (Å²) in [6, 6.07) is 26.0. The van der Waals surface area contributed by atoms with Gasteiger partial charge in [0.2, 0.25) is 0 Å². The lowest BCUT2D eigenvalue weighted by molar-refractivity contribution is -0.142. The largest absolute Gasteiger partial charge is 0.481 e. The number of hydrogen-bond donors (Lipinski definition) is 1. The number of imide groups is 1. The molecule has 0 spiro atoms. The summed E-state index contributed by atoms with van der Waals surface area (Å²) in [5, 5.41) is 11.5. The van der Waals surface area contributed by atoms with Crippen molar-refractivity contribution in [2.45, 2.75) is 19.8 Å². The molecule has 2 amide bonds. The third kappa shape index (κ3) is 4.78. The molecule has 0 radical (unpaired) electrons. The number of carboxylic acids is 1. The van der Waals surface area contributed by atoms with Crippen molar-refractivity contribution in [2.75, 3.05) is 6.54 Å². The molecule has 184 valence electrons. The lowest BCUT2D eigenvalue weighted by atomic mass is 9.94. The van der Waals surface area contributed by atoms with Gasteiger partial charge in [0, 0.05) is 18.5 Å². The van der Waals surface area contributed by atoms with E-state index in [9.17, 15) is 24.3 Å². The van der Waals surface area contributed by atoms with Crippen LogP contribution >= 0.6 is 0 Å². The molecule has 0 fully saturated rings. The Balaban J connectivity index is 1.26. The molecule has 1 aliphatic heterocycles. The Bertz CT molecular complexity index is 1480. The highest BCUT2D eigenvalue weighted by molar-refractivity contribution is 6.23. The van der Waals surface area contributed by atoms with E-state index in [1.54, 1.807) is 24.3 Å². The Hall–Kier alpha value is -4.58. The number of benzene rings is 4. The summed E-state index contributed by atoms with van der Waals surface area (Å²) in [6.45, 7) is 1.94. The average molecular weight is 492 g/mol. The number of Topliss-reactive ketones (excluding diaryl/α,β-unsaturated/α-hetero) is 1. The van der Waals surface area contributed by atoms with Crippen LogP contribution in [0.15, 0.2) is 84.9 Å². The Morgan fingerprint density at radius 3 is 1.81 bits per heavy atom. The highest BCUT2D eigenvalue weighted by Gasteiger charge is 2.36. The van der Waals surface area contributed by atoms with Crippen molar-refractivity contribution in [3.8, 4) is 11.1 Å². The molecule has 0 aromatic heterocycles. The van der Waals surface area contributed by atoms with Crippen molar-refractivity contribution in [3.05, 3.63) is 107 Å². The zero-order valence-corrected chi connectivity index (χ0v) is 20.3. The van der Waals surface area contributed by atoms with E-state index in [0.717, 1.165) is 32.4 Å². The molecule has 1 heterocycles. The number of hydrogen-bond acceptors (Lipinski definition) is 4. The van der Waals surface area contributed by atoms with E-state index in [2.05, 4.69) is 0 Å². The number of amides is 2. The SMILES string of the molecule is Cc1ccc(-c2ccc(C(=O)CC(CCN3C(=O)c4cc5ccccc5cc4C3=O)C(=O)O)cc2)cc1. The smallest absolute Gasteiger partial charge is 0.307 e. The molecule has 1 atom stereocenters. The minimum Gasteiger partial charge on any atom is -0.481 e. The molecule has 0 saturated carbocycles. The van der Waals surface area contributed by atoms with Crippen molar-refractivity contribution >= 4 is 34.3 Å². The quantitative estimate of drug-likeness (QED) is 0.249. The van der Waals surface area contributed by atoms with Crippen LogP contribution in [-0.4, -0.2) is 40.1 Å². The summed E-state index contributed by atoms with van der Waals surface area (Å²) >= 11 is 0. The maximum Gasteiger partial charge on any atom is 0.307 e. The Kier molecular flexibility index (Phi) is 6.40. The standard InChI is InChI=1S/C31H25NO5/c1-19-6-8-20(9-7-19)21-10-12-22(13-11-21)28(33)18-25(31(36)37)14-15-32-29(34)26-16-23-4-2-3-5-24(23)17-27(26)30(32)35/h2-13,16-17,25H,14-15,18H2,1H3,(H,36,37). The average Bonchev–Trinajstić information content (AvgIpc) is 3.14. The molecular formula is C31H25NO5. The van der Waals surface area contributed by atoms with Crippen LogP contribution in [0, 0.1) is 12.8 Å². The number of carbonyl (C=O) groups is 4. The summed E-state index contributed by atoms with van der Waals surface area (Å²) < 4.78 is 0. The summed E-state index contributed by atoms with van der Waals surface area (Å²) in [4.78, 5) is 51.8. The first-order valence-corrected chi connectivity index (χ1v) is 12.1. The molecule has 1 unspecified atom stereocenters. The van der Waals surface area contributed by atoms with E-state index in [0.29, 0.717) is 16.7 Å². The molecule has 5 rings (SSSR count). The van der Waals surface area contributed by atoms with E-state index in [1.807, 2.05) is 67.6 Å². The molecule has 0 saturated heterocycles. The predicted molar refractivity (Wildman–Crippen MR) is 141 cm³/mol. The van der Waals surface area contributed by atoms with Crippen LogP contribution in [0.3, 0.4) is 0 Å². The van der Waals surface area contributed by atoms with Crippen LogP contribution in [0.5, 0.6) is 0 Å². The number of aryl methyl sites for hydroxylation is 1. The number of aliphatic carboxylic acids is 1. The van der Waals surface area contributed by atoms with Gasteiger partial charge in [-0.25, -0.2) is 0 Å².